The lowest BCUT2D eigenvalue weighted by molar-refractivity contribution is -0.123. The highest BCUT2D eigenvalue weighted by molar-refractivity contribution is 5.81. The molecule has 3 atom stereocenters. The van der Waals surface area contributed by atoms with E-state index in [-0.39, 0.29) is 0 Å². The Hall–Kier alpha value is -1.44. The van der Waals surface area contributed by atoms with Crippen molar-refractivity contribution in [3.8, 4) is 0 Å². The lowest BCUT2D eigenvalue weighted by atomic mass is 9.71. The van der Waals surface area contributed by atoms with Crippen LogP contribution >= 0.6 is 0 Å². The van der Waals surface area contributed by atoms with E-state index < -0.39 is 0 Å². The van der Waals surface area contributed by atoms with E-state index in [4.69, 9.17) is 0 Å². The maximum Gasteiger partial charge on any atom is 0.137 e. The summed E-state index contributed by atoms with van der Waals surface area (Å²) in [6.07, 6.45) is 16.6. The van der Waals surface area contributed by atoms with Crippen molar-refractivity contribution in [2.45, 2.75) is 96.3 Å². The lowest BCUT2D eigenvalue weighted by Gasteiger charge is -2.35. The first kappa shape index (κ1) is 21.3. The Morgan fingerprint density at radius 1 is 0.714 bits per heavy atom. The first-order valence-corrected chi connectivity index (χ1v) is 11.8. The number of fused-ring (bicyclic) bond motifs is 1. The number of unbranched alkanes of at least 4 members (excludes halogenated alkanes) is 2. The van der Waals surface area contributed by atoms with Crippen LogP contribution < -0.4 is 0 Å². The predicted octanol–water partition coefficient (Wildman–Crippen LogP) is 6.70. The monoisotopic (exact) mass is 382 g/mol. The molecule has 2 aliphatic rings. The van der Waals surface area contributed by atoms with Crippen molar-refractivity contribution in [1.82, 2.24) is 0 Å². The van der Waals surface area contributed by atoms with Gasteiger partial charge < -0.3 is 0 Å². The molecule has 0 N–H and O–H groups in total. The molecule has 154 valence electrons. The molecule has 3 rings (SSSR count). The molecule has 0 saturated heterocycles. The number of hydrogen-bond acceptors (Lipinski definition) is 2. The summed E-state index contributed by atoms with van der Waals surface area (Å²) in [6.45, 7) is 0. The number of carbonyl (C=O) groups is 2. The maximum absolute atomic E-state index is 12.7. The van der Waals surface area contributed by atoms with Crippen molar-refractivity contribution in [2.75, 3.05) is 0 Å². The van der Waals surface area contributed by atoms with Crippen molar-refractivity contribution in [3.05, 3.63) is 35.9 Å². The van der Waals surface area contributed by atoms with Crippen LogP contribution in [0.4, 0.5) is 0 Å². The Morgan fingerprint density at radius 3 is 2.18 bits per heavy atom. The molecule has 2 aliphatic carbocycles. The standard InChI is InChI=1S/C26H38O2/c27-25(20-21-10-3-1-4-11-21)16-5-2-6-17-26(28)24-15-9-14-22-12-7-8-13-23(22)18-19-24/h1,3-4,10-11,22-24H,2,5-9,12-20H2/t22?,23?,24-/m1/s1. The summed E-state index contributed by atoms with van der Waals surface area (Å²) in [4.78, 5) is 24.8. The molecule has 2 fully saturated rings. The molecule has 0 bridgehead atoms. The van der Waals surface area contributed by atoms with Gasteiger partial charge in [0.15, 0.2) is 0 Å². The van der Waals surface area contributed by atoms with E-state index in [0.717, 1.165) is 55.9 Å². The van der Waals surface area contributed by atoms with Crippen molar-refractivity contribution >= 4 is 11.6 Å². The molecule has 0 heterocycles. The fourth-order valence-electron chi connectivity index (χ4n) is 5.47. The first-order chi connectivity index (χ1) is 13.7. The smallest absolute Gasteiger partial charge is 0.137 e. The Kier molecular flexibility index (Phi) is 8.76. The van der Waals surface area contributed by atoms with E-state index in [9.17, 15) is 9.59 Å². The van der Waals surface area contributed by atoms with Gasteiger partial charge >= 0.3 is 0 Å². The number of Topliss-reactive ketones (excluding diaryl/α,β-unsaturated/α-hetero) is 2. The second-order valence-corrected chi connectivity index (χ2v) is 9.24. The minimum Gasteiger partial charge on any atom is -0.299 e. The molecule has 0 aliphatic heterocycles. The second-order valence-electron chi connectivity index (χ2n) is 9.24. The van der Waals surface area contributed by atoms with Crippen LogP contribution in [0.25, 0.3) is 0 Å². The summed E-state index contributed by atoms with van der Waals surface area (Å²) in [6, 6.07) is 9.98. The lowest BCUT2D eigenvalue weighted by Crippen LogP contribution is -2.25. The van der Waals surface area contributed by atoms with Crippen molar-refractivity contribution in [3.63, 3.8) is 0 Å². The number of rotatable bonds is 9. The van der Waals surface area contributed by atoms with Crippen molar-refractivity contribution < 1.29 is 9.59 Å². The molecule has 0 aromatic heterocycles. The zero-order chi connectivity index (χ0) is 19.6. The molecular weight excluding hydrogens is 344 g/mol. The zero-order valence-electron chi connectivity index (χ0n) is 17.5. The Morgan fingerprint density at radius 2 is 1.39 bits per heavy atom. The summed E-state index contributed by atoms with van der Waals surface area (Å²) >= 11 is 0. The normalized spacial score (nSPS) is 25.4. The van der Waals surface area contributed by atoms with Crippen molar-refractivity contribution in [2.24, 2.45) is 17.8 Å². The zero-order valence-corrected chi connectivity index (χ0v) is 17.5. The Balaban J connectivity index is 1.29. The Bertz CT molecular complexity index is 606. The van der Waals surface area contributed by atoms with E-state index in [0.29, 0.717) is 30.3 Å². The van der Waals surface area contributed by atoms with E-state index in [1.165, 1.54) is 44.9 Å². The summed E-state index contributed by atoms with van der Waals surface area (Å²) in [5, 5.41) is 0. The van der Waals surface area contributed by atoms with Crippen LogP contribution in [0.15, 0.2) is 30.3 Å². The fourth-order valence-corrected chi connectivity index (χ4v) is 5.47. The molecule has 1 aromatic carbocycles. The summed E-state index contributed by atoms with van der Waals surface area (Å²) in [5.74, 6) is 3.00. The number of hydrogen-bond donors (Lipinski definition) is 0. The minimum absolute atomic E-state index is 0.319. The van der Waals surface area contributed by atoms with Gasteiger partial charge in [0.1, 0.15) is 11.6 Å². The summed E-state index contributed by atoms with van der Waals surface area (Å²) in [7, 11) is 0. The molecule has 1 aromatic rings. The van der Waals surface area contributed by atoms with Gasteiger partial charge in [-0.25, -0.2) is 0 Å². The largest absolute Gasteiger partial charge is 0.299 e. The van der Waals surface area contributed by atoms with Crippen LogP contribution in [0.1, 0.15) is 95.5 Å². The van der Waals surface area contributed by atoms with Gasteiger partial charge in [-0.3, -0.25) is 9.59 Å². The van der Waals surface area contributed by atoms with Crippen LogP contribution in [-0.2, 0) is 16.0 Å². The van der Waals surface area contributed by atoms with Crippen LogP contribution in [0.5, 0.6) is 0 Å². The van der Waals surface area contributed by atoms with Crippen LogP contribution in [0, 0.1) is 17.8 Å². The van der Waals surface area contributed by atoms with Gasteiger partial charge in [0, 0.05) is 25.2 Å². The second kappa shape index (κ2) is 11.5. The van der Waals surface area contributed by atoms with Gasteiger partial charge in [0.05, 0.1) is 0 Å². The van der Waals surface area contributed by atoms with Crippen molar-refractivity contribution in [1.29, 1.82) is 0 Å². The van der Waals surface area contributed by atoms with Gasteiger partial charge in [0.2, 0.25) is 0 Å². The fraction of sp³-hybridized carbons (Fsp3) is 0.692. The van der Waals surface area contributed by atoms with Crippen LogP contribution in [0.3, 0.4) is 0 Å². The highest BCUT2D eigenvalue weighted by Gasteiger charge is 2.29. The third-order valence-corrected chi connectivity index (χ3v) is 7.16. The summed E-state index contributed by atoms with van der Waals surface area (Å²) < 4.78 is 0. The predicted molar refractivity (Wildman–Crippen MR) is 115 cm³/mol. The SMILES string of the molecule is O=C(CCCCCC(=O)[C@@H]1CCCC2CCCCC2CC1)Cc1ccccc1. The summed E-state index contributed by atoms with van der Waals surface area (Å²) in [5.41, 5.74) is 1.10. The quantitative estimate of drug-likeness (QED) is 0.445. The van der Waals surface area contributed by atoms with Crippen LogP contribution in [-0.4, -0.2) is 11.6 Å². The molecule has 2 saturated carbocycles. The first-order valence-electron chi connectivity index (χ1n) is 11.8. The number of benzene rings is 1. The highest BCUT2D eigenvalue weighted by atomic mass is 16.1. The number of carbonyl (C=O) groups excluding carboxylic acids is 2. The Labute approximate surface area is 171 Å². The van der Waals surface area contributed by atoms with E-state index >= 15 is 0 Å². The third-order valence-electron chi connectivity index (χ3n) is 7.16. The average Bonchev–Trinajstić information content (AvgIpc) is 2.69. The molecule has 2 unspecified atom stereocenters. The van der Waals surface area contributed by atoms with Gasteiger partial charge in [-0.2, -0.15) is 0 Å². The number of ketones is 2. The van der Waals surface area contributed by atoms with E-state index in [2.05, 4.69) is 0 Å². The molecule has 28 heavy (non-hydrogen) atoms. The van der Waals surface area contributed by atoms with Gasteiger partial charge in [0.25, 0.3) is 0 Å². The molecular formula is C26H38O2. The molecule has 2 heteroatoms. The van der Waals surface area contributed by atoms with Gasteiger partial charge in [-0.1, -0.05) is 75.3 Å². The molecule has 0 spiro atoms. The molecule has 0 amide bonds. The topological polar surface area (TPSA) is 34.1 Å². The van der Waals surface area contributed by atoms with Gasteiger partial charge in [-0.05, 0) is 49.5 Å². The van der Waals surface area contributed by atoms with Crippen LogP contribution in [0.2, 0.25) is 0 Å². The maximum atomic E-state index is 12.7. The highest BCUT2D eigenvalue weighted by Crippen LogP contribution is 2.40. The minimum atomic E-state index is 0.319. The average molecular weight is 383 g/mol. The third kappa shape index (κ3) is 6.87. The van der Waals surface area contributed by atoms with Gasteiger partial charge in [-0.15, -0.1) is 0 Å². The molecule has 0 radical (unpaired) electrons. The molecule has 2 nitrogen and oxygen atoms in total. The van der Waals surface area contributed by atoms with E-state index in [1.807, 2.05) is 30.3 Å². The van der Waals surface area contributed by atoms with E-state index in [1.54, 1.807) is 0 Å².